The molecule has 19 heavy (non-hydrogen) atoms. The number of ketones is 1. The van der Waals surface area contributed by atoms with Crippen molar-refractivity contribution in [3.8, 4) is 5.75 Å². The Kier molecular flexibility index (Phi) is 4.20. The van der Waals surface area contributed by atoms with Gasteiger partial charge in [-0.05, 0) is 51.8 Å². The van der Waals surface area contributed by atoms with Crippen molar-refractivity contribution in [3.05, 3.63) is 29.6 Å². The van der Waals surface area contributed by atoms with Gasteiger partial charge in [-0.1, -0.05) is 0 Å². The molecule has 0 bridgehead atoms. The van der Waals surface area contributed by atoms with Crippen LogP contribution >= 0.6 is 0 Å². The zero-order valence-corrected chi connectivity index (χ0v) is 11.6. The minimum Gasteiger partial charge on any atom is -0.488 e. The van der Waals surface area contributed by atoms with Crippen LogP contribution in [0.15, 0.2) is 18.2 Å². The van der Waals surface area contributed by atoms with Gasteiger partial charge in [-0.2, -0.15) is 0 Å². The van der Waals surface area contributed by atoms with Crippen molar-refractivity contribution in [1.82, 2.24) is 5.32 Å². The Hall–Kier alpha value is -1.42. The van der Waals surface area contributed by atoms with E-state index < -0.39 is 5.82 Å². The molecule has 1 aliphatic rings. The quantitative estimate of drug-likeness (QED) is 0.804. The van der Waals surface area contributed by atoms with Gasteiger partial charge < -0.3 is 10.1 Å². The number of benzene rings is 1. The fourth-order valence-corrected chi connectivity index (χ4v) is 1.93. The van der Waals surface area contributed by atoms with E-state index >= 15 is 0 Å². The highest BCUT2D eigenvalue weighted by Gasteiger charge is 2.26. The van der Waals surface area contributed by atoms with Crippen LogP contribution in [0.1, 0.15) is 44.0 Å². The summed E-state index contributed by atoms with van der Waals surface area (Å²) in [6.45, 7) is 5.48. The highest BCUT2D eigenvalue weighted by molar-refractivity contribution is 6.00. The van der Waals surface area contributed by atoms with Gasteiger partial charge in [-0.25, -0.2) is 4.39 Å². The van der Waals surface area contributed by atoms with Gasteiger partial charge in [-0.3, -0.25) is 4.79 Å². The van der Waals surface area contributed by atoms with Gasteiger partial charge in [0, 0.05) is 11.6 Å². The number of carbonyl (C=O) groups is 1. The molecule has 1 fully saturated rings. The van der Waals surface area contributed by atoms with E-state index in [0.29, 0.717) is 11.6 Å². The summed E-state index contributed by atoms with van der Waals surface area (Å²) < 4.78 is 19.1. The van der Waals surface area contributed by atoms with Crippen molar-refractivity contribution in [3.63, 3.8) is 0 Å². The molecular formula is C15H20FNO2. The minimum atomic E-state index is -0.488. The van der Waals surface area contributed by atoms with Gasteiger partial charge in [0.05, 0.1) is 12.1 Å². The van der Waals surface area contributed by atoms with E-state index in [1.807, 2.05) is 20.8 Å². The van der Waals surface area contributed by atoms with Gasteiger partial charge in [0.15, 0.2) is 17.3 Å². The lowest BCUT2D eigenvalue weighted by Crippen LogP contribution is -2.35. The molecule has 0 radical (unpaired) electrons. The lowest BCUT2D eigenvalue weighted by molar-refractivity contribution is 0.0949. The third-order valence-electron chi connectivity index (χ3n) is 3.04. The molecule has 104 valence electrons. The highest BCUT2D eigenvalue weighted by Crippen LogP contribution is 2.22. The molecule has 2 rings (SSSR count). The lowest BCUT2D eigenvalue weighted by atomic mass is 10.0. The van der Waals surface area contributed by atoms with Crippen molar-refractivity contribution >= 4 is 5.78 Å². The monoisotopic (exact) mass is 265 g/mol. The minimum absolute atomic E-state index is 0.0816. The molecule has 1 saturated carbocycles. The maximum atomic E-state index is 13.8. The molecule has 1 N–H and O–H groups in total. The van der Waals surface area contributed by atoms with Gasteiger partial charge in [-0.15, -0.1) is 0 Å². The van der Waals surface area contributed by atoms with Crippen LogP contribution in [0.4, 0.5) is 4.39 Å². The maximum Gasteiger partial charge on any atom is 0.179 e. The first-order valence-corrected chi connectivity index (χ1v) is 6.74. The number of halogens is 1. The molecule has 1 atom stereocenters. The van der Waals surface area contributed by atoms with E-state index in [-0.39, 0.29) is 23.7 Å². The highest BCUT2D eigenvalue weighted by atomic mass is 19.1. The molecule has 0 spiro atoms. The second-order valence-electron chi connectivity index (χ2n) is 5.34. The summed E-state index contributed by atoms with van der Waals surface area (Å²) in [5, 5.41) is 3.22. The summed E-state index contributed by atoms with van der Waals surface area (Å²) in [5.74, 6) is -0.380. The Balaban J connectivity index is 2.07. The molecule has 1 aliphatic carbocycles. The molecule has 0 heterocycles. The first-order valence-electron chi connectivity index (χ1n) is 6.74. The SMILES string of the molecule is CC(C)Oc1ccc(C(=O)C(C)NC2CC2)cc1F. The molecule has 4 heteroatoms. The summed E-state index contributed by atoms with van der Waals surface area (Å²) in [7, 11) is 0. The zero-order valence-electron chi connectivity index (χ0n) is 11.6. The third-order valence-corrected chi connectivity index (χ3v) is 3.04. The van der Waals surface area contributed by atoms with Crippen LogP contribution in [-0.2, 0) is 0 Å². The van der Waals surface area contributed by atoms with Crippen molar-refractivity contribution < 1.29 is 13.9 Å². The molecule has 1 unspecified atom stereocenters. The number of hydrogen-bond acceptors (Lipinski definition) is 3. The maximum absolute atomic E-state index is 13.8. The van der Waals surface area contributed by atoms with Crippen LogP contribution in [0.5, 0.6) is 5.75 Å². The topological polar surface area (TPSA) is 38.3 Å². The smallest absolute Gasteiger partial charge is 0.179 e. The largest absolute Gasteiger partial charge is 0.488 e. The predicted octanol–water partition coefficient (Wildman–Crippen LogP) is 2.94. The standard InChI is InChI=1S/C15H20FNO2/c1-9(2)19-14-7-4-11(8-13(14)16)15(18)10(3)17-12-5-6-12/h4,7-10,12,17H,5-6H2,1-3H3. The van der Waals surface area contributed by atoms with Crippen LogP contribution in [-0.4, -0.2) is 24.0 Å². The lowest BCUT2D eigenvalue weighted by Gasteiger charge is -2.14. The number of Topliss-reactive ketones (excluding diaryl/α,β-unsaturated/α-hetero) is 1. The first-order chi connectivity index (χ1) is 8.97. The van der Waals surface area contributed by atoms with E-state index in [9.17, 15) is 9.18 Å². The molecular weight excluding hydrogens is 245 g/mol. The van der Waals surface area contributed by atoms with E-state index in [1.165, 1.54) is 12.1 Å². The number of nitrogens with one attached hydrogen (secondary N) is 1. The zero-order chi connectivity index (χ0) is 14.0. The van der Waals surface area contributed by atoms with Gasteiger partial charge in [0.1, 0.15) is 0 Å². The van der Waals surface area contributed by atoms with E-state index in [0.717, 1.165) is 12.8 Å². The second kappa shape index (κ2) is 5.70. The molecule has 0 aliphatic heterocycles. The number of carbonyl (C=O) groups excluding carboxylic acids is 1. The summed E-state index contributed by atoms with van der Waals surface area (Å²) in [6.07, 6.45) is 2.15. The Morgan fingerprint density at radius 3 is 2.58 bits per heavy atom. The van der Waals surface area contributed by atoms with Gasteiger partial charge >= 0.3 is 0 Å². The molecule has 0 saturated heterocycles. The van der Waals surface area contributed by atoms with Crippen LogP contribution in [0, 0.1) is 5.82 Å². The summed E-state index contributed by atoms with van der Waals surface area (Å²) in [6, 6.07) is 4.57. The fraction of sp³-hybridized carbons (Fsp3) is 0.533. The van der Waals surface area contributed by atoms with Crippen molar-refractivity contribution in [1.29, 1.82) is 0 Å². The van der Waals surface area contributed by atoms with Crippen molar-refractivity contribution in [2.75, 3.05) is 0 Å². The normalized spacial score (nSPS) is 16.5. The van der Waals surface area contributed by atoms with E-state index in [2.05, 4.69) is 5.32 Å². The molecule has 0 amide bonds. The average Bonchev–Trinajstić information content (AvgIpc) is 3.14. The number of ether oxygens (including phenoxy) is 1. The van der Waals surface area contributed by atoms with Crippen LogP contribution in [0.2, 0.25) is 0 Å². The summed E-state index contributed by atoms with van der Waals surface area (Å²) in [4.78, 5) is 12.1. The van der Waals surface area contributed by atoms with Gasteiger partial charge in [0.2, 0.25) is 0 Å². The Bertz CT molecular complexity index is 469. The second-order valence-corrected chi connectivity index (χ2v) is 5.34. The predicted molar refractivity (Wildman–Crippen MR) is 72.1 cm³/mol. The van der Waals surface area contributed by atoms with E-state index in [4.69, 9.17) is 4.74 Å². The molecule has 3 nitrogen and oxygen atoms in total. The van der Waals surface area contributed by atoms with Gasteiger partial charge in [0.25, 0.3) is 0 Å². The van der Waals surface area contributed by atoms with Crippen LogP contribution in [0.25, 0.3) is 0 Å². The number of rotatable bonds is 6. The summed E-state index contributed by atoms with van der Waals surface area (Å²) >= 11 is 0. The Morgan fingerprint density at radius 1 is 1.37 bits per heavy atom. The fourth-order valence-electron chi connectivity index (χ4n) is 1.93. The first kappa shape index (κ1) is 14.0. The Labute approximate surface area is 113 Å². The molecule has 1 aromatic rings. The molecule has 1 aromatic carbocycles. The Morgan fingerprint density at radius 2 is 2.05 bits per heavy atom. The number of hydrogen-bond donors (Lipinski definition) is 1. The summed E-state index contributed by atoms with van der Waals surface area (Å²) in [5.41, 5.74) is 0.384. The van der Waals surface area contributed by atoms with Crippen molar-refractivity contribution in [2.24, 2.45) is 0 Å². The van der Waals surface area contributed by atoms with Crippen LogP contribution < -0.4 is 10.1 Å². The average molecular weight is 265 g/mol. The third kappa shape index (κ3) is 3.77. The molecule has 0 aromatic heterocycles. The van der Waals surface area contributed by atoms with Crippen LogP contribution in [0.3, 0.4) is 0 Å². The van der Waals surface area contributed by atoms with Crippen molar-refractivity contribution in [2.45, 2.75) is 51.8 Å². The van der Waals surface area contributed by atoms with E-state index in [1.54, 1.807) is 6.07 Å².